The zero-order valence-corrected chi connectivity index (χ0v) is 5.62. The lowest BCUT2D eigenvalue weighted by Crippen LogP contribution is -1.70. The van der Waals surface area contributed by atoms with Crippen LogP contribution in [0.3, 0.4) is 0 Å². The van der Waals surface area contributed by atoms with Crippen molar-refractivity contribution in [3.8, 4) is 0 Å². The molecule has 0 fully saturated rings. The van der Waals surface area contributed by atoms with E-state index >= 15 is 0 Å². The molecule has 0 aliphatic heterocycles. The molecule has 1 nitrogen and oxygen atoms in total. The van der Waals surface area contributed by atoms with Crippen LogP contribution in [0.5, 0.6) is 0 Å². The molecule has 0 bridgehead atoms. The fourth-order valence-corrected chi connectivity index (χ4v) is 0. The number of ether oxygens (including phenoxy) is 1. The second-order valence-electron chi connectivity index (χ2n) is 0.906. The third-order valence-electron chi connectivity index (χ3n) is 0.348. The van der Waals surface area contributed by atoms with Crippen molar-refractivity contribution in [3.63, 3.8) is 0 Å². The predicted octanol–water partition coefficient (Wildman–Crippen LogP) is 2.19. The van der Waals surface area contributed by atoms with Crippen LogP contribution in [-0.4, -0.2) is 7.11 Å². The highest BCUT2D eigenvalue weighted by atomic mass is 16.5. The highest BCUT2D eigenvalue weighted by Crippen LogP contribution is 1.80. The highest BCUT2D eigenvalue weighted by molar-refractivity contribution is 4.71. The van der Waals surface area contributed by atoms with Crippen molar-refractivity contribution in [1.29, 1.82) is 0 Å². The van der Waals surface area contributed by atoms with Crippen molar-refractivity contribution in [2.75, 3.05) is 7.11 Å². The SMILES string of the molecule is C=C(C)OC.CC. The molecule has 0 amide bonds. The number of hydrogen-bond donors (Lipinski definition) is 0. The summed E-state index contributed by atoms with van der Waals surface area (Å²) in [5.74, 6) is 0.755. The molecule has 7 heavy (non-hydrogen) atoms. The molecule has 0 spiro atoms. The molecule has 0 aliphatic carbocycles. The first-order valence-electron chi connectivity index (χ1n) is 2.47. The molecule has 0 heterocycles. The first-order valence-corrected chi connectivity index (χ1v) is 2.47. The molecule has 1 heteroatoms. The average molecular weight is 102 g/mol. The normalized spacial score (nSPS) is 5.71. The van der Waals surface area contributed by atoms with Gasteiger partial charge in [0.15, 0.2) is 0 Å². The fourth-order valence-electron chi connectivity index (χ4n) is 0. The van der Waals surface area contributed by atoms with Gasteiger partial charge in [0.1, 0.15) is 0 Å². The lowest BCUT2D eigenvalue weighted by atomic mass is 10.7. The molecule has 0 unspecified atom stereocenters. The Bertz CT molecular complexity index is 39.4. The van der Waals surface area contributed by atoms with Crippen LogP contribution >= 0.6 is 0 Å². The highest BCUT2D eigenvalue weighted by Gasteiger charge is 1.65. The van der Waals surface area contributed by atoms with Gasteiger partial charge in [0.2, 0.25) is 0 Å². The van der Waals surface area contributed by atoms with Gasteiger partial charge < -0.3 is 4.74 Å². The van der Waals surface area contributed by atoms with Crippen LogP contribution < -0.4 is 0 Å². The largest absolute Gasteiger partial charge is 0.502 e. The topological polar surface area (TPSA) is 9.23 Å². The summed E-state index contributed by atoms with van der Waals surface area (Å²) in [6.45, 7) is 9.26. The molecular formula is C6H14O. The summed E-state index contributed by atoms with van der Waals surface area (Å²) in [7, 11) is 1.60. The van der Waals surface area contributed by atoms with Crippen molar-refractivity contribution in [2.24, 2.45) is 0 Å². The van der Waals surface area contributed by atoms with E-state index in [1.165, 1.54) is 0 Å². The zero-order chi connectivity index (χ0) is 6.28. The number of hydrogen-bond acceptors (Lipinski definition) is 1. The van der Waals surface area contributed by atoms with Crippen LogP contribution in [0, 0.1) is 0 Å². The van der Waals surface area contributed by atoms with E-state index in [0.717, 1.165) is 5.76 Å². The fraction of sp³-hybridized carbons (Fsp3) is 0.667. The van der Waals surface area contributed by atoms with Gasteiger partial charge in [-0.05, 0) is 6.92 Å². The summed E-state index contributed by atoms with van der Waals surface area (Å²) >= 11 is 0. The Morgan fingerprint density at radius 3 is 1.57 bits per heavy atom. The first kappa shape index (κ1) is 9.74. The van der Waals surface area contributed by atoms with Crippen LogP contribution in [0.2, 0.25) is 0 Å². The van der Waals surface area contributed by atoms with Crippen molar-refractivity contribution >= 4 is 0 Å². The maximum Gasteiger partial charge on any atom is 0.0853 e. The lowest BCUT2D eigenvalue weighted by Gasteiger charge is -1.88. The minimum absolute atomic E-state index is 0.755. The molecule has 0 saturated carbocycles. The van der Waals surface area contributed by atoms with Crippen molar-refractivity contribution < 1.29 is 4.74 Å². The molecular weight excluding hydrogens is 88.1 g/mol. The molecule has 0 saturated heterocycles. The summed E-state index contributed by atoms with van der Waals surface area (Å²) in [4.78, 5) is 0. The van der Waals surface area contributed by atoms with E-state index in [-0.39, 0.29) is 0 Å². The van der Waals surface area contributed by atoms with Crippen LogP contribution in [0.15, 0.2) is 12.3 Å². The van der Waals surface area contributed by atoms with E-state index in [0.29, 0.717) is 0 Å². The summed E-state index contributed by atoms with van der Waals surface area (Å²) in [6, 6.07) is 0. The van der Waals surface area contributed by atoms with E-state index < -0.39 is 0 Å². The summed E-state index contributed by atoms with van der Waals surface area (Å²) in [6.07, 6.45) is 0. The Morgan fingerprint density at radius 2 is 1.57 bits per heavy atom. The number of allylic oxidation sites excluding steroid dienone is 1. The minimum atomic E-state index is 0.755. The van der Waals surface area contributed by atoms with Crippen LogP contribution in [0.4, 0.5) is 0 Å². The molecule has 0 N–H and O–H groups in total. The maximum absolute atomic E-state index is 4.56. The van der Waals surface area contributed by atoms with Crippen LogP contribution in [0.1, 0.15) is 20.8 Å². The maximum atomic E-state index is 4.56. The molecule has 0 radical (unpaired) electrons. The molecule has 0 rings (SSSR count). The van der Waals surface area contributed by atoms with Crippen LogP contribution in [0.25, 0.3) is 0 Å². The first-order chi connectivity index (χ1) is 3.27. The van der Waals surface area contributed by atoms with Crippen molar-refractivity contribution in [1.82, 2.24) is 0 Å². The number of methoxy groups -OCH3 is 1. The summed E-state index contributed by atoms with van der Waals surface area (Å²) < 4.78 is 4.56. The predicted molar refractivity (Wildman–Crippen MR) is 33.2 cm³/mol. The Balaban J connectivity index is 0. The Hall–Kier alpha value is -0.460. The van der Waals surface area contributed by atoms with E-state index in [2.05, 4.69) is 11.3 Å². The molecule has 0 aliphatic rings. The van der Waals surface area contributed by atoms with Gasteiger partial charge in [0.05, 0.1) is 12.9 Å². The van der Waals surface area contributed by atoms with Gasteiger partial charge in [-0.2, -0.15) is 0 Å². The van der Waals surface area contributed by atoms with Gasteiger partial charge in [-0.1, -0.05) is 20.4 Å². The van der Waals surface area contributed by atoms with Gasteiger partial charge in [0, 0.05) is 0 Å². The van der Waals surface area contributed by atoms with E-state index in [1.54, 1.807) is 14.0 Å². The van der Waals surface area contributed by atoms with E-state index in [9.17, 15) is 0 Å². The quantitative estimate of drug-likeness (QED) is 0.461. The Kier molecular flexibility index (Phi) is 12.7. The smallest absolute Gasteiger partial charge is 0.0853 e. The summed E-state index contributed by atoms with van der Waals surface area (Å²) in [5.41, 5.74) is 0. The standard InChI is InChI=1S/C4H8O.C2H6/c1-4(2)5-3;1-2/h1H2,2-3H3;1-2H3. The second-order valence-corrected chi connectivity index (χ2v) is 0.906. The zero-order valence-electron chi connectivity index (χ0n) is 5.62. The third kappa shape index (κ3) is 29.3. The lowest BCUT2D eigenvalue weighted by molar-refractivity contribution is 0.295. The van der Waals surface area contributed by atoms with E-state index in [1.807, 2.05) is 13.8 Å². The van der Waals surface area contributed by atoms with Crippen LogP contribution in [-0.2, 0) is 4.74 Å². The molecule has 0 aromatic heterocycles. The van der Waals surface area contributed by atoms with E-state index in [4.69, 9.17) is 0 Å². The van der Waals surface area contributed by atoms with Crippen molar-refractivity contribution in [2.45, 2.75) is 20.8 Å². The van der Waals surface area contributed by atoms with Gasteiger partial charge in [-0.3, -0.25) is 0 Å². The van der Waals surface area contributed by atoms with Gasteiger partial charge in [0.25, 0.3) is 0 Å². The molecule has 0 atom stereocenters. The monoisotopic (exact) mass is 102 g/mol. The second kappa shape index (κ2) is 9.11. The Morgan fingerprint density at radius 1 is 1.43 bits per heavy atom. The number of rotatable bonds is 1. The minimum Gasteiger partial charge on any atom is -0.502 e. The van der Waals surface area contributed by atoms with Crippen molar-refractivity contribution in [3.05, 3.63) is 12.3 Å². The van der Waals surface area contributed by atoms with Gasteiger partial charge in [-0.25, -0.2) is 0 Å². The van der Waals surface area contributed by atoms with Gasteiger partial charge in [-0.15, -0.1) is 0 Å². The Labute approximate surface area is 46.0 Å². The average Bonchev–Trinajstić information content (AvgIpc) is 1.73. The third-order valence-corrected chi connectivity index (χ3v) is 0.348. The summed E-state index contributed by atoms with van der Waals surface area (Å²) in [5, 5.41) is 0. The molecule has 0 aromatic rings. The molecule has 44 valence electrons. The van der Waals surface area contributed by atoms with Gasteiger partial charge >= 0.3 is 0 Å². The molecule has 0 aromatic carbocycles.